The molecule has 0 bridgehead atoms. The Labute approximate surface area is 165 Å². The molecule has 0 spiro atoms. The number of hydrogen-bond donors (Lipinski definition) is 0. The Balaban J connectivity index is 2.86. The Morgan fingerprint density at radius 2 is 1.38 bits per heavy atom. The monoisotopic (exact) mass is 384 g/mol. The number of halogens is 1. The molecule has 4 heteroatoms. The zero-order valence-electron chi connectivity index (χ0n) is 17.1. The molecule has 0 radical (unpaired) electrons. The minimum absolute atomic E-state index is 0.395. The Hall–Kier alpha value is -0.610. The molecule has 1 atom stereocenters. The maximum atomic E-state index is 6.53. The standard InChI is InChI=1S/C22H37ClO3/c1-5-6-7-8-9-13-17-21(19-23,22(24-2,25-3)26-4)18-16-20-14-11-10-12-15-20/h10-12,14-15H,5-9,13,16-19H2,1-4H3. The predicted molar refractivity (Wildman–Crippen MR) is 110 cm³/mol. The molecule has 0 aliphatic rings. The van der Waals surface area contributed by atoms with Gasteiger partial charge in [-0.1, -0.05) is 75.8 Å². The molecular formula is C22H37ClO3. The highest BCUT2D eigenvalue weighted by molar-refractivity contribution is 6.18. The molecule has 1 aromatic rings. The van der Waals surface area contributed by atoms with Gasteiger partial charge in [0.2, 0.25) is 0 Å². The number of aryl methyl sites for hydroxylation is 1. The molecule has 26 heavy (non-hydrogen) atoms. The maximum absolute atomic E-state index is 6.53. The quantitative estimate of drug-likeness (QED) is 0.205. The minimum atomic E-state index is -1.12. The summed E-state index contributed by atoms with van der Waals surface area (Å²) in [5.74, 6) is -0.683. The van der Waals surface area contributed by atoms with E-state index in [-0.39, 0.29) is 0 Å². The molecule has 150 valence electrons. The van der Waals surface area contributed by atoms with Crippen LogP contribution in [-0.4, -0.2) is 33.2 Å². The normalized spacial score (nSPS) is 14.3. The average Bonchev–Trinajstić information content (AvgIpc) is 2.70. The van der Waals surface area contributed by atoms with Crippen LogP contribution in [0.3, 0.4) is 0 Å². The van der Waals surface area contributed by atoms with Gasteiger partial charge in [-0.25, -0.2) is 0 Å². The van der Waals surface area contributed by atoms with Crippen molar-refractivity contribution in [3.63, 3.8) is 0 Å². The Morgan fingerprint density at radius 3 is 1.92 bits per heavy atom. The van der Waals surface area contributed by atoms with Gasteiger partial charge in [-0.15, -0.1) is 11.6 Å². The van der Waals surface area contributed by atoms with Crippen molar-refractivity contribution < 1.29 is 14.2 Å². The molecule has 3 nitrogen and oxygen atoms in total. The number of ether oxygens (including phenoxy) is 3. The second-order valence-electron chi connectivity index (χ2n) is 7.09. The summed E-state index contributed by atoms with van der Waals surface area (Å²) in [6.45, 7) is 2.24. The second kappa shape index (κ2) is 12.7. The van der Waals surface area contributed by atoms with Crippen molar-refractivity contribution in [1.29, 1.82) is 0 Å². The molecular weight excluding hydrogens is 348 g/mol. The van der Waals surface area contributed by atoms with Crippen LogP contribution in [0.5, 0.6) is 0 Å². The van der Waals surface area contributed by atoms with Gasteiger partial charge in [0.25, 0.3) is 5.97 Å². The first kappa shape index (κ1) is 23.4. The first-order valence-electron chi connectivity index (χ1n) is 9.89. The van der Waals surface area contributed by atoms with Crippen LogP contribution >= 0.6 is 11.6 Å². The lowest BCUT2D eigenvalue weighted by atomic mass is 9.76. The zero-order valence-corrected chi connectivity index (χ0v) is 17.8. The lowest BCUT2D eigenvalue weighted by Gasteiger charge is -2.46. The van der Waals surface area contributed by atoms with Gasteiger partial charge >= 0.3 is 0 Å². The van der Waals surface area contributed by atoms with Crippen LogP contribution in [0.25, 0.3) is 0 Å². The first-order chi connectivity index (χ1) is 12.6. The molecule has 0 N–H and O–H groups in total. The van der Waals surface area contributed by atoms with Crippen LogP contribution in [0.2, 0.25) is 0 Å². The fourth-order valence-electron chi connectivity index (χ4n) is 3.82. The smallest absolute Gasteiger partial charge is 0.289 e. The van der Waals surface area contributed by atoms with Crippen LogP contribution in [0, 0.1) is 5.41 Å². The highest BCUT2D eigenvalue weighted by Gasteiger charge is 2.52. The maximum Gasteiger partial charge on any atom is 0.289 e. The van der Waals surface area contributed by atoms with E-state index in [0.29, 0.717) is 5.88 Å². The number of rotatable bonds is 15. The predicted octanol–water partition coefficient (Wildman–Crippen LogP) is 6.19. The molecule has 1 aromatic carbocycles. The van der Waals surface area contributed by atoms with E-state index in [0.717, 1.165) is 25.7 Å². The second-order valence-corrected chi connectivity index (χ2v) is 7.35. The summed E-state index contributed by atoms with van der Waals surface area (Å²) in [6.07, 6.45) is 10.1. The van der Waals surface area contributed by atoms with Crippen molar-refractivity contribution in [3.05, 3.63) is 35.9 Å². The molecule has 1 unspecified atom stereocenters. The van der Waals surface area contributed by atoms with Crippen LogP contribution < -0.4 is 0 Å². The highest BCUT2D eigenvalue weighted by atomic mass is 35.5. The van der Waals surface area contributed by atoms with Crippen molar-refractivity contribution in [3.8, 4) is 0 Å². The van der Waals surface area contributed by atoms with Gasteiger partial charge in [0.15, 0.2) is 0 Å². The summed E-state index contributed by atoms with van der Waals surface area (Å²) in [7, 11) is 4.91. The summed E-state index contributed by atoms with van der Waals surface area (Å²) >= 11 is 6.53. The zero-order chi connectivity index (χ0) is 19.3. The van der Waals surface area contributed by atoms with Gasteiger partial charge in [-0.3, -0.25) is 0 Å². The average molecular weight is 385 g/mol. The molecule has 0 aliphatic carbocycles. The summed E-state index contributed by atoms with van der Waals surface area (Å²) in [5.41, 5.74) is 0.898. The molecule has 0 aliphatic heterocycles. The minimum Gasteiger partial charge on any atom is -0.330 e. The van der Waals surface area contributed by atoms with Crippen molar-refractivity contribution >= 4 is 11.6 Å². The van der Waals surface area contributed by atoms with Crippen LogP contribution in [0.1, 0.15) is 63.9 Å². The number of unbranched alkanes of at least 4 members (excludes halogenated alkanes) is 5. The number of benzene rings is 1. The summed E-state index contributed by atoms with van der Waals surface area (Å²) in [6, 6.07) is 10.5. The third-order valence-corrected chi connectivity index (χ3v) is 5.97. The van der Waals surface area contributed by atoms with E-state index in [1.165, 1.54) is 37.7 Å². The fourth-order valence-corrected chi connectivity index (χ4v) is 4.25. The van der Waals surface area contributed by atoms with Crippen LogP contribution in [-0.2, 0) is 20.6 Å². The van der Waals surface area contributed by atoms with Crippen molar-refractivity contribution in [2.75, 3.05) is 27.2 Å². The number of methoxy groups -OCH3 is 3. The van der Waals surface area contributed by atoms with Gasteiger partial charge in [0.1, 0.15) is 0 Å². The van der Waals surface area contributed by atoms with E-state index in [2.05, 4.69) is 31.2 Å². The molecule has 0 saturated carbocycles. The van der Waals surface area contributed by atoms with E-state index < -0.39 is 11.4 Å². The molecule has 0 aromatic heterocycles. The van der Waals surface area contributed by atoms with Gasteiger partial charge < -0.3 is 14.2 Å². The van der Waals surface area contributed by atoms with E-state index >= 15 is 0 Å². The van der Waals surface area contributed by atoms with Gasteiger partial charge in [0, 0.05) is 27.2 Å². The third-order valence-electron chi connectivity index (χ3n) is 5.46. The van der Waals surface area contributed by atoms with E-state index in [9.17, 15) is 0 Å². The Bertz CT molecular complexity index is 453. The Morgan fingerprint density at radius 1 is 0.808 bits per heavy atom. The third kappa shape index (κ3) is 6.23. The topological polar surface area (TPSA) is 27.7 Å². The summed E-state index contributed by atoms with van der Waals surface area (Å²) in [4.78, 5) is 0. The summed E-state index contributed by atoms with van der Waals surface area (Å²) in [5, 5.41) is 0. The molecule has 0 heterocycles. The molecule has 0 saturated heterocycles. The van der Waals surface area contributed by atoms with Crippen molar-refractivity contribution in [1.82, 2.24) is 0 Å². The SMILES string of the molecule is CCCCCCCCC(CCl)(CCc1ccccc1)C(OC)(OC)OC. The van der Waals surface area contributed by atoms with Gasteiger partial charge in [-0.2, -0.15) is 0 Å². The lowest BCUT2D eigenvalue weighted by molar-refractivity contribution is -0.405. The largest absolute Gasteiger partial charge is 0.330 e. The summed E-state index contributed by atoms with van der Waals surface area (Å²) < 4.78 is 17.2. The molecule has 0 fully saturated rings. The highest BCUT2D eigenvalue weighted by Crippen LogP contribution is 2.45. The molecule has 0 amide bonds. The van der Waals surface area contributed by atoms with Crippen molar-refractivity contribution in [2.45, 2.75) is 70.7 Å². The molecule has 1 rings (SSSR count). The van der Waals surface area contributed by atoms with Gasteiger partial charge in [-0.05, 0) is 24.8 Å². The van der Waals surface area contributed by atoms with E-state index in [1.54, 1.807) is 21.3 Å². The van der Waals surface area contributed by atoms with Crippen LogP contribution in [0.15, 0.2) is 30.3 Å². The van der Waals surface area contributed by atoms with Crippen molar-refractivity contribution in [2.24, 2.45) is 5.41 Å². The fraction of sp³-hybridized carbons (Fsp3) is 0.727. The number of alkyl halides is 1. The Kier molecular flexibility index (Phi) is 11.5. The van der Waals surface area contributed by atoms with Gasteiger partial charge in [0.05, 0.1) is 5.41 Å². The van der Waals surface area contributed by atoms with Crippen LogP contribution in [0.4, 0.5) is 0 Å². The first-order valence-corrected chi connectivity index (χ1v) is 10.4. The van der Waals surface area contributed by atoms with E-state index in [1.807, 2.05) is 6.07 Å². The van der Waals surface area contributed by atoms with E-state index in [4.69, 9.17) is 25.8 Å². The lowest BCUT2D eigenvalue weighted by Crippen LogP contribution is -2.54. The number of hydrogen-bond acceptors (Lipinski definition) is 3.